The molecular weight excluding hydrogens is 573 g/mol. The van der Waals surface area contributed by atoms with Gasteiger partial charge in [0, 0.05) is 22.1 Å². The Morgan fingerprint density at radius 1 is 0.426 bits per heavy atom. The van der Waals surface area contributed by atoms with E-state index in [2.05, 4.69) is 111 Å². The van der Waals surface area contributed by atoms with E-state index in [1.165, 1.54) is 22.3 Å². The van der Waals surface area contributed by atoms with E-state index in [1.807, 2.05) is 54.6 Å². The predicted octanol–water partition coefficient (Wildman–Crippen LogP) is 10.4. The zero-order valence-corrected chi connectivity index (χ0v) is 26.1. The van der Waals surface area contributed by atoms with Gasteiger partial charge in [0.15, 0.2) is 17.5 Å². The Bertz CT molecular complexity index is 2330. The molecule has 1 aliphatic carbocycles. The van der Waals surface area contributed by atoms with Crippen LogP contribution in [0.4, 0.5) is 0 Å². The van der Waals surface area contributed by atoms with Gasteiger partial charge in [-0.05, 0) is 68.8 Å². The molecule has 0 radical (unpaired) electrons. The number of nitriles is 1. The second-order valence-corrected chi connectivity index (χ2v) is 12.4. The van der Waals surface area contributed by atoms with Gasteiger partial charge >= 0.3 is 0 Å². The number of hydrogen-bond acceptors (Lipinski definition) is 4. The van der Waals surface area contributed by atoms with Gasteiger partial charge in [0.2, 0.25) is 0 Å². The molecule has 4 heteroatoms. The highest BCUT2D eigenvalue weighted by Crippen LogP contribution is 2.50. The average molecular weight is 603 g/mol. The van der Waals surface area contributed by atoms with Gasteiger partial charge in [0.05, 0.1) is 11.6 Å². The van der Waals surface area contributed by atoms with Crippen molar-refractivity contribution in [3.63, 3.8) is 0 Å². The number of rotatable bonds is 5. The highest BCUT2D eigenvalue weighted by Gasteiger charge is 2.35. The van der Waals surface area contributed by atoms with E-state index >= 15 is 0 Å². The van der Waals surface area contributed by atoms with Crippen LogP contribution in [0.25, 0.3) is 67.5 Å². The molecule has 0 fully saturated rings. The Morgan fingerprint density at radius 2 is 1.04 bits per heavy atom. The molecule has 1 aliphatic rings. The van der Waals surface area contributed by atoms with Crippen molar-refractivity contribution in [1.82, 2.24) is 15.0 Å². The lowest BCUT2D eigenvalue weighted by Crippen LogP contribution is -2.15. The third-order valence-electron chi connectivity index (χ3n) is 9.18. The van der Waals surface area contributed by atoms with Crippen LogP contribution in [0.15, 0.2) is 146 Å². The largest absolute Gasteiger partial charge is 0.208 e. The van der Waals surface area contributed by atoms with Crippen LogP contribution in [0, 0.1) is 11.3 Å². The van der Waals surface area contributed by atoms with E-state index < -0.39 is 0 Å². The van der Waals surface area contributed by atoms with Gasteiger partial charge < -0.3 is 0 Å². The molecule has 8 rings (SSSR count). The first-order valence-corrected chi connectivity index (χ1v) is 15.8. The highest BCUT2D eigenvalue weighted by atomic mass is 15.0. The first-order chi connectivity index (χ1) is 23.0. The summed E-state index contributed by atoms with van der Waals surface area (Å²) >= 11 is 0. The zero-order valence-electron chi connectivity index (χ0n) is 26.1. The van der Waals surface area contributed by atoms with E-state index in [-0.39, 0.29) is 5.41 Å². The second-order valence-electron chi connectivity index (χ2n) is 12.4. The van der Waals surface area contributed by atoms with Crippen molar-refractivity contribution in [2.45, 2.75) is 19.3 Å². The molecule has 0 unspecified atom stereocenters. The zero-order chi connectivity index (χ0) is 32.0. The summed E-state index contributed by atoms with van der Waals surface area (Å²) in [6.45, 7) is 4.47. The van der Waals surface area contributed by atoms with E-state index in [9.17, 15) is 5.26 Å². The molecule has 0 amide bonds. The quantitative estimate of drug-likeness (QED) is 0.197. The van der Waals surface area contributed by atoms with Gasteiger partial charge in [0.25, 0.3) is 0 Å². The Balaban J connectivity index is 1.29. The van der Waals surface area contributed by atoms with Crippen molar-refractivity contribution in [3.05, 3.63) is 162 Å². The van der Waals surface area contributed by atoms with Crippen molar-refractivity contribution < 1.29 is 0 Å². The van der Waals surface area contributed by atoms with Crippen LogP contribution in [0.1, 0.15) is 30.5 Å². The molecule has 222 valence electrons. The summed E-state index contributed by atoms with van der Waals surface area (Å²) in [5, 5.41) is 9.57. The third-order valence-corrected chi connectivity index (χ3v) is 9.18. The minimum absolute atomic E-state index is 0.197. The summed E-state index contributed by atoms with van der Waals surface area (Å²) in [6.07, 6.45) is 0. The Labute approximate surface area is 274 Å². The molecule has 4 nitrogen and oxygen atoms in total. The molecule has 47 heavy (non-hydrogen) atoms. The fourth-order valence-corrected chi connectivity index (χ4v) is 6.73. The monoisotopic (exact) mass is 602 g/mol. The standard InChI is InChI=1S/C43H30N4/c1-43(2)38-23-21-32(26-37(38)35-22-20-28(27-44)24-39(35)43)34-18-9-10-19-36(34)42-46-40(30-14-7-4-8-15-30)45-41(47-42)33-17-11-16-31(25-33)29-12-5-3-6-13-29/h3-26H,1-2H3. The lowest BCUT2D eigenvalue weighted by molar-refractivity contribution is 0.660. The van der Waals surface area contributed by atoms with Gasteiger partial charge in [-0.25, -0.2) is 15.0 Å². The first kappa shape index (κ1) is 28.3. The molecule has 1 aromatic heterocycles. The lowest BCUT2D eigenvalue weighted by Gasteiger charge is -2.21. The fourth-order valence-electron chi connectivity index (χ4n) is 6.73. The van der Waals surface area contributed by atoms with Crippen LogP contribution in [-0.4, -0.2) is 15.0 Å². The first-order valence-electron chi connectivity index (χ1n) is 15.8. The van der Waals surface area contributed by atoms with Crippen LogP contribution < -0.4 is 0 Å². The molecule has 0 bridgehead atoms. The number of hydrogen-bond donors (Lipinski definition) is 0. The molecular formula is C43H30N4. The molecule has 0 N–H and O–H groups in total. The van der Waals surface area contributed by atoms with Crippen molar-refractivity contribution in [2.24, 2.45) is 0 Å². The minimum atomic E-state index is -0.197. The van der Waals surface area contributed by atoms with Gasteiger partial charge in [0.1, 0.15) is 0 Å². The normalized spacial score (nSPS) is 12.6. The van der Waals surface area contributed by atoms with Crippen LogP contribution in [0.3, 0.4) is 0 Å². The molecule has 0 atom stereocenters. The summed E-state index contributed by atoms with van der Waals surface area (Å²) in [5.41, 5.74) is 12.5. The van der Waals surface area contributed by atoms with E-state index in [1.54, 1.807) is 0 Å². The summed E-state index contributed by atoms with van der Waals surface area (Å²) in [5.74, 6) is 1.87. The smallest absolute Gasteiger partial charge is 0.164 e. The van der Waals surface area contributed by atoms with Gasteiger partial charge in [-0.1, -0.05) is 135 Å². The van der Waals surface area contributed by atoms with E-state index in [4.69, 9.17) is 15.0 Å². The average Bonchev–Trinajstić information content (AvgIpc) is 3.37. The summed E-state index contributed by atoms with van der Waals surface area (Å²) in [4.78, 5) is 15.2. The maximum absolute atomic E-state index is 9.57. The second kappa shape index (κ2) is 11.3. The van der Waals surface area contributed by atoms with Crippen LogP contribution in [0.2, 0.25) is 0 Å². The Kier molecular flexibility index (Phi) is 6.82. The molecule has 0 saturated carbocycles. The lowest BCUT2D eigenvalue weighted by atomic mass is 9.81. The van der Waals surface area contributed by atoms with Crippen molar-refractivity contribution in [1.29, 1.82) is 5.26 Å². The molecule has 0 saturated heterocycles. The Hall–Kier alpha value is -6.18. The van der Waals surface area contributed by atoms with Crippen molar-refractivity contribution >= 4 is 0 Å². The molecule has 0 aliphatic heterocycles. The number of fused-ring (bicyclic) bond motifs is 3. The number of aromatic nitrogens is 3. The van der Waals surface area contributed by atoms with Crippen LogP contribution in [0.5, 0.6) is 0 Å². The maximum Gasteiger partial charge on any atom is 0.164 e. The predicted molar refractivity (Wildman–Crippen MR) is 189 cm³/mol. The maximum atomic E-state index is 9.57. The fraction of sp³-hybridized carbons (Fsp3) is 0.0698. The summed E-state index contributed by atoms with van der Waals surface area (Å²) < 4.78 is 0. The topological polar surface area (TPSA) is 62.5 Å². The summed E-state index contributed by atoms with van der Waals surface area (Å²) in [7, 11) is 0. The molecule has 0 spiro atoms. The van der Waals surface area contributed by atoms with Crippen LogP contribution >= 0.6 is 0 Å². The van der Waals surface area contributed by atoms with Crippen LogP contribution in [-0.2, 0) is 5.41 Å². The number of nitrogens with zero attached hydrogens (tertiary/aromatic N) is 4. The van der Waals surface area contributed by atoms with Crippen molar-refractivity contribution in [3.8, 4) is 73.6 Å². The molecule has 6 aromatic carbocycles. The minimum Gasteiger partial charge on any atom is -0.208 e. The SMILES string of the molecule is CC1(C)c2ccc(-c3ccccc3-c3nc(-c4ccccc4)nc(-c4cccc(-c5ccccc5)c4)n3)cc2-c2ccc(C#N)cc21. The third kappa shape index (κ3) is 4.99. The number of benzene rings is 6. The Morgan fingerprint density at radius 3 is 1.79 bits per heavy atom. The van der Waals surface area contributed by atoms with Crippen molar-refractivity contribution in [2.75, 3.05) is 0 Å². The van der Waals surface area contributed by atoms with Gasteiger partial charge in [-0.2, -0.15) is 5.26 Å². The molecule has 7 aromatic rings. The van der Waals surface area contributed by atoms with Gasteiger partial charge in [-0.15, -0.1) is 0 Å². The summed E-state index contributed by atoms with van der Waals surface area (Å²) in [6, 6.07) is 52.2. The molecule has 1 heterocycles. The highest BCUT2D eigenvalue weighted by molar-refractivity contribution is 5.88. The van der Waals surface area contributed by atoms with E-state index in [0.717, 1.165) is 38.9 Å². The van der Waals surface area contributed by atoms with Gasteiger partial charge in [-0.3, -0.25) is 0 Å². The van der Waals surface area contributed by atoms with E-state index in [0.29, 0.717) is 23.0 Å².